The summed E-state index contributed by atoms with van der Waals surface area (Å²) in [6.45, 7) is 5.43. The number of hydrogen-bond donors (Lipinski definition) is 1. The molecule has 0 aliphatic carbocycles. The van der Waals surface area contributed by atoms with Crippen molar-refractivity contribution in [1.29, 1.82) is 0 Å². The first-order chi connectivity index (χ1) is 8.85. The highest BCUT2D eigenvalue weighted by Crippen LogP contribution is 2.23. The fourth-order valence-corrected chi connectivity index (χ4v) is 1.53. The van der Waals surface area contributed by atoms with E-state index < -0.39 is 11.7 Å². The van der Waals surface area contributed by atoms with Gasteiger partial charge in [0, 0.05) is 17.7 Å². The zero-order valence-corrected chi connectivity index (χ0v) is 11.7. The van der Waals surface area contributed by atoms with E-state index in [0.717, 1.165) is 5.56 Å². The zero-order chi connectivity index (χ0) is 14.5. The molecule has 0 atom stereocenters. The summed E-state index contributed by atoms with van der Waals surface area (Å²) in [4.78, 5) is 11.6. The van der Waals surface area contributed by atoms with Crippen LogP contribution >= 0.6 is 0 Å². The van der Waals surface area contributed by atoms with E-state index in [2.05, 4.69) is 11.2 Å². The number of carbonyl (C=O) groups is 1. The first kappa shape index (κ1) is 14.9. The minimum atomic E-state index is -0.530. The summed E-state index contributed by atoms with van der Waals surface area (Å²) >= 11 is 0. The van der Waals surface area contributed by atoms with E-state index in [4.69, 9.17) is 15.9 Å². The van der Waals surface area contributed by atoms with Gasteiger partial charge in [-0.25, -0.2) is 4.79 Å². The van der Waals surface area contributed by atoms with Crippen LogP contribution in [0.3, 0.4) is 0 Å². The van der Waals surface area contributed by atoms with Gasteiger partial charge in [-0.1, -0.05) is 0 Å². The van der Waals surface area contributed by atoms with Crippen molar-refractivity contribution in [1.82, 2.24) is 0 Å². The van der Waals surface area contributed by atoms with Gasteiger partial charge in [-0.2, -0.15) is 0 Å². The molecule has 1 amide bonds. The van der Waals surface area contributed by atoms with E-state index in [1.807, 2.05) is 20.8 Å². The number of hydrogen-bond acceptors (Lipinski definition) is 3. The average Bonchev–Trinajstić information content (AvgIpc) is 2.27. The highest BCUT2D eigenvalue weighted by Gasteiger charge is 2.16. The van der Waals surface area contributed by atoms with Crippen molar-refractivity contribution >= 4 is 11.8 Å². The standard InChI is InChI=1S/C15H19NO3/c1-6-7-11-10-12(8-9-13(11)18-5)16-14(17)19-15(2,3)4/h1,8-10H,7H2,2-5H3,(H,16,17). The Kier molecular flexibility index (Phi) is 4.82. The van der Waals surface area contributed by atoms with Crippen LogP contribution in [-0.2, 0) is 11.2 Å². The van der Waals surface area contributed by atoms with Crippen LogP contribution in [0.4, 0.5) is 10.5 Å². The molecule has 4 nitrogen and oxygen atoms in total. The van der Waals surface area contributed by atoms with E-state index in [-0.39, 0.29) is 0 Å². The molecule has 0 unspecified atom stereocenters. The number of nitrogens with one attached hydrogen (secondary N) is 1. The second kappa shape index (κ2) is 6.14. The molecule has 0 aliphatic heterocycles. The molecule has 0 saturated heterocycles. The molecule has 1 aromatic carbocycles. The van der Waals surface area contributed by atoms with Crippen LogP contribution in [-0.4, -0.2) is 18.8 Å². The average molecular weight is 261 g/mol. The number of methoxy groups -OCH3 is 1. The summed E-state index contributed by atoms with van der Waals surface area (Å²) < 4.78 is 10.4. The maximum absolute atomic E-state index is 11.6. The number of benzene rings is 1. The van der Waals surface area contributed by atoms with Gasteiger partial charge in [0.1, 0.15) is 11.4 Å². The first-order valence-electron chi connectivity index (χ1n) is 5.96. The molecule has 1 rings (SSSR count). The van der Waals surface area contributed by atoms with Gasteiger partial charge in [-0.05, 0) is 39.0 Å². The lowest BCUT2D eigenvalue weighted by atomic mass is 10.1. The Morgan fingerprint density at radius 3 is 2.63 bits per heavy atom. The van der Waals surface area contributed by atoms with Crippen molar-refractivity contribution in [3.8, 4) is 18.1 Å². The van der Waals surface area contributed by atoms with E-state index in [1.165, 1.54) is 0 Å². The van der Waals surface area contributed by atoms with Gasteiger partial charge in [-0.3, -0.25) is 5.32 Å². The van der Waals surface area contributed by atoms with Gasteiger partial charge in [0.25, 0.3) is 0 Å². The topological polar surface area (TPSA) is 47.6 Å². The third-order valence-electron chi connectivity index (χ3n) is 2.22. The van der Waals surface area contributed by atoms with Crippen LogP contribution in [0.25, 0.3) is 0 Å². The maximum Gasteiger partial charge on any atom is 0.412 e. The van der Waals surface area contributed by atoms with E-state index in [0.29, 0.717) is 17.9 Å². The van der Waals surface area contributed by atoms with Crippen molar-refractivity contribution in [3.05, 3.63) is 23.8 Å². The number of ether oxygens (including phenoxy) is 2. The van der Waals surface area contributed by atoms with E-state index >= 15 is 0 Å². The summed E-state index contributed by atoms with van der Waals surface area (Å²) in [6, 6.07) is 5.28. The third-order valence-corrected chi connectivity index (χ3v) is 2.22. The molecular weight excluding hydrogens is 242 g/mol. The van der Waals surface area contributed by atoms with Crippen LogP contribution in [0, 0.1) is 12.3 Å². The SMILES string of the molecule is C#CCc1cc(NC(=O)OC(C)(C)C)ccc1OC. The Bertz CT molecular complexity index is 495. The lowest BCUT2D eigenvalue weighted by Gasteiger charge is -2.20. The predicted molar refractivity (Wildman–Crippen MR) is 75.4 cm³/mol. The van der Waals surface area contributed by atoms with E-state index in [1.54, 1.807) is 25.3 Å². The number of carbonyl (C=O) groups excluding carboxylic acids is 1. The van der Waals surface area contributed by atoms with Gasteiger partial charge < -0.3 is 9.47 Å². The molecule has 4 heteroatoms. The Balaban J connectivity index is 2.83. The fourth-order valence-electron chi connectivity index (χ4n) is 1.53. The quantitative estimate of drug-likeness (QED) is 0.850. The molecule has 0 heterocycles. The molecule has 0 aliphatic rings. The Labute approximate surface area is 114 Å². The molecular formula is C15H19NO3. The number of anilines is 1. The highest BCUT2D eigenvalue weighted by molar-refractivity contribution is 5.85. The molecule has 0 saturated carbocycles. The summed E-state index contributed by atoms with van der Waals surface area (Å²) in [5.74, 6) is 3.26. The van der Waals surface area contributed by atoms with Crippen molar-refractivity contribution in [2.45, 2.75) is 32.8 Å². The van der Waals surface area contributed by atoms with Gasteiger partial charge in [0.15, 0.2) is 0 Å². The molecule has 0 aromatic heterocycles. The summed E-state index contributed by atoms with van der Waals surface area (Å²) in [5.41, 5.74) is 0.942. The Morgan fingerprint density at radius 2 is 2.11 bits per heavy atom. The lowest BCUT2D eigenvalue weighted by Crippen LogP contribution is -2.27. The fraction of sp³-hybridized carbons (Fsp3) is 0.400. The number of amides is 1. The number of rotatable bonds is 3. The molecule has 0 fully saturated rings. The van der Waals surface area contributed by atoms with Crippen LogP contribution in [0.5, 0.6) is 5.75 Å². The highest BCUT2D eigenvalue weighted by atomic mass is 16.6. The Hall–Kier alpha value is -2.15. The van der Waals surface area contributed by atoms with Gasteiger partial charge >= 0.3 is 6.09 Å². The smallest absolute Gasteiger partial charge is 0.412 e. The molecule has 0 radical (unpaired) electrons. The summed E-state index contributed by atoms with van der Waals surface area (Å²) in [7, 11) is 1.58. The minimum Gasteiger partial charge on any atom is -0.496 e. The Morgan fingerprint density at radius 1 is 1.42 bits per heavy atom. The van der Waals surface area contributed by atoms with Gasteiger partial charge in [0.2, 0.25) is 0 Å². The predicted octanol–water partition coefficient (Wildman–Crippen LogP) is 3.22. The third kappa shape index (κ3) is 4.92. The van der Waals surface area contributed by atoms with Crippen LogP contribution in [0.15, 0.2) is 18.2 Å². The molecule has 0 spiro atoms. The van der Waals surface area contributed by atoms with Crippen molar-refractivity contribution in [3.63, 3.8) is 0 Å². The largest absolute Gasteiger partial charge is 0.496 e. The van der Waals surface area contributed by atoms with Crippen molar-refractivity contribution in [2.24, 2.45) is 0 Å². The summed E-state index contributed by atoms with van der Waals surface area (Å²) in [6.07, 6.45) is 5.24. The van der Waals surface area contributed by atoms with Crippen molar-refractivity contribution < 1.29 is 14.3 Å². The van der Waals surface area contributed by atoms with Crippen LogP contribution < -0.4 is 10.1 Å². The molecule has 102 valence electrons. The molecule has 0 bridgehead atoms. The lowest BCUT2D eigenvalue weighted by molar-refractivity contribution is 0.0636. The van der Waals surface area contributed by atoms with Crippen LogP contribution in [0.2, 0.25) is 0 Å². The van der Waals surface area contributed by atoms with Crippen LogP contribution in [0.1, 0.15) is 26.3 Å². The number of terminal acetylenes is 1. The second-order valence-electron chi connectivity index (χ2n) is 5.03. The minimum absolute atomic E-state index is 0.438. The van der Waals surface area contributed by atoms with E-state index in [9.17, 15) is 4.79 Å². The van der Waals surface area contributed by atoms with Crippen molar-refractivity contribution in [2.75, 3.05) is 12.4 Å². The summed E-state index contributed by atoms with van der Waals surface area (Å²) in [5, 5.41) is 2.66. The van der Waals surface area contributed by atoms with Gasteiger partial charge in [0.05, 0.1) is 7.11 Å². The monoisotopic (exact) mass is 261 g/mol. The first-order valence-corrected chi connectivity index (χ1v) is 5.96. The maximum atomic E-state index is 11.6. The normalized spacial score (nSPS) is 10.5. The molecule has 1 aromatic rings. The van der Waals surface area contributed by atoms with Gasteiger partial charge in [-0.15, -0.1) is 12.3 Å². The zero-order valence-electron chi connectivity index (χ0n) is 11.7. The second-order valence-corrected chi connectivity index (χ2v) is 5.03. The molecule has 19 heavy (non-hydrogen) atoms. The molecule has 1 N–H and O–H groups in total.